The van der Waals surface area contributed by atoms with Crippen molar-refractivity contribution in [2.45, 2.75) is 26.2 Å². The summed E-state index contributed by atoms with van der Waals surface area (Å²) in [5.41, 5.74) is 1.12. The minimum Gasteiger partial charge on any atom is -0.351 e. The first-order chi connectivity index (χ1) is 8.56. The minimum absolute atomic E-state index is 0.195. The van der Waals surface area contributed by atoms with E-state index in [4.69, 9.17) is 11.6 Å². The minimum atomic E-state index is -0.343. The summed E-state index contributed by atoms with van der Waals surface area (Å²) in [7, 11) is 0. The molecule has 0 heterocycles. The predicted octanol–water partition coefficient (Wildman–Crippen LogP) is 3.27. The quantitative estimate of drug-likeness (QED) is 0.817. The van der Waals surface area contributed by atoms with Gasteiger partial charge in [0.05, 0.1) is 0 Å². The van der Waals surface area contributed by atoms with Gasteiger partial charge in [-0.25, -0.2) is 4.39 Å². The molecule has 1 fully saturated rings. The highest BCUT2D eigenvalue weighted by Crippen LogP contribution is 2.48. The molecule has 1 aliphatic carbocycles. The van der Waals surface area contributed by atoms with Crippen molar-refractivity contribution in [3.8, 4) is 0 Å². The summed E-state index contributed by atoms with van der Waals surface area (Å²) in [5, 5.41) is 2.87. The summed E-state index contributed by atoms with van der Waals surface area (Å²) in [6.45, 7) is 2.31. The van der Waals surface area contributed by atoms with Crippen molar-refractivity contribution in [1.82, 2.24) is 5.32 Å². The molecule has 0 saturated heterocycles. The van der Waals surface area contributed by atoms with Gasteiger partial charge in [0.1, 0.15) is 5.82 Å². The summed E-state index contributed by atoms with van der Waals surface area (Å²) in [6.07, 6.45) is 3.15. The van der Waals surface area contributed by atoms with E-state index < -0.39 is 0 Å². The number of rotatable bonds is 5. The van der Waals surface area contributed by atoms with Crippen molar-refractivity contribution < 1.29 is 9.18 Å². The molecular formula is C14H17ClFNO. The van der Waals surface area contributed by atoms with Crippen molar-refractivity contribution in [3.63, 3.8) is 0 Å². The standard InChI is InChI=1S/C14H17ClFNO/c1-10-2-3-11(8-12(10)16)13(18)17-9-14(4-5-14)6-7-15/h2-3,8H,4-7,9H2,1H3,(H,17,18). The smallest absolute Gasteiger partial charge is 0.251 e. The van der Waals surface area contributed by atoms with Crippen molar-refractivity contribution >= 4 is 17.5 Å². The van der Waals surface area contributed by atoms with E-state index in [0.29, 0.717) is 23.6 Å². The Labute approximate surface area is 112 Å². The van der Waals surface area contributed by atoms with E-state index in [1.165, 1.54) is 6.07 Å². The van der Waals surface area contributed by atoms with E-state index >= 15 is 0 Å². The van der Waals surface area contributed by atoms with E-state index in [1.54, 1.807) is 19.1 Å². The average Bonchev–Trinajstić information content (AvgIpc) is 3.11. The van der Waals surface area contributed by atoms with Gasteiger partial charge in [-0.3, -0.25) is 4.79 Å². The lowest BCUT2D eigenvalue weighted by atomic mass is 10.0. The zero-order valence-electron chi connectivity index (χ0n) is 10.4. The number of hydrogen-bond donors (Lipinski definition) is 1. The highest BCUT2D eigenvalue weighted by atomic mass is 35.5. The van der Waals surface area contributed by atoms with E-state index in [-0.39, 0.29) is 17.1 Å². The van der Waals surface area contributed by atoms with Crippen LogP contribution in [0.5, 0.6) is 0 Å². The van der Waals surface area contributed by atoms with Crippen LogP contribution in [0.25, 0.3) is 0 Å². The van der Waals surface area contributed by atoms with E-state index in [9.17, 15) is 9.18 Å². The highest BCUT2D eigenvalue weighted by molar-refractivity contribution is 6.17. The third-order valence-electron chi connectivity index (χ3n) is 3.64. The molecule has 1 amide bonds. The van der Waals surface area contributed by atoms with Crippen molar-refractivity contribution in [1.29, 1.82) is 0 Å². The second-order valence-electron chi connectivity index (χ2n) is 5.09. The number of nitrogens with one attached hydrogen (secondary N) is 1. The first-order valence-corrected chi connectivity index (χ1v) is 6.70. The van der Waals surface area contributed by atoms with Gasteiger partial charge < -0.3 is 5.32 Å². The number of carbonyl (C=O) groups is 1. The first kappa shape index (κ1) is 13.3. The summed E-state index contributed by atoms with van der Waals surface area (Å²) >= 11 is 5.73. The van der Waals surface area contributed by atoms with Crippen LogP contribution in [0.3, 0.4) is 0 Å². The van der Waals surface area contributed by atoms with Gasteiger partial charge in [-0.15, -0.1) is 11.6 Å². The van der Waals surface area contributed by atoms with Gasteiger partial charge in [-0.2, -0.15) is 0 Å². The normalized spacial score (nSPS) is 16.4. The maximum atomic E-state index is 13.3. The van der Waals surface area contributed by atoms with Gasteiger partial charge in [-0.1, -0.05) is 6.07 Å². The molecule has 0 atom stereocenters. The van der Waals surface area contributed by atoms with Crippen LogP contribution in [0.1, 0.15) is 35.2 Å². The van der Waals surface area contributed by atoms with Crippen LogP contribution in [0.15, 0.2) is 18.2 Å². The number of hydrogen-bond acceptors (Lipinski definition) is 1. The predicted molar refractivity (Wildman–Crippen MR) is 70.5 cm³/mol. The average molecular weight is 270 g/mol. The number of aryl methyl sites for hydroxylation is 1. The van der Waals surface area contributed by atoms with Gasteiger partial charge in [0, 0.05) is 18.0 Å². The number of benzene rings is 1. The Kier molecular flexibility index (Phi) is 3.91. The fraction of sp³-hybridized carbons (Fsp3) is 0.500. The topological polar surface area (TPSA) is 29.1 Å². The molecule has 0 spiro atoms. The fourth-order valence-electron chi connectivity index (χ4n) is 2.00. The molecule has 1 aromatic carbocycles. The molecule has 18 heavy (non-hydrogen) atoms. The third kappa shape index (κ3) is 3.02. The number of alkyl halides is 1. The van der Waals surface area contributed by atoms with Gasteiger partial charge in [0.15, 0.2) is 0 Å². The van der Waals surface area contributed by atoms with Gasteiger partial charge in [0.2, 0.25) is 0 Å². The Morgan fingerprint density at radius 1 is 1.50 bits per heavy atom. The molecule has 0 bridgehead atoms. The second-order valence-corrected chi connectivity index (χ2v) is 5.46. The summed E-state index contributed by atoms with van der Waals surface area (Å²) in [5.74, 6) is 0.0639. The van der Waals surface area contributed by atoms with Gasteiger partial charge in [-0.05, 0) is 49.3 Å². The molecule has 0 aliphatic heterocycles. The zero-order valence-corrected chi connectivity index (χ0v) is 11.2. The lowest BCUT2D eigenvalue weighted by molar-refractivity contribution is 0.0944. The van der Waals surface area contributed by atoms with E-state index in [2.05, 4.69) is 5.32 Å². The molecular weight excluding hydrogens is 253 g/mol. The molecule has 2 nitrogen and oxygen atoms in total. The Morgan fingerprint density at radius 3 is 2.78 bits per heavy atom. The third-order valence-corrected chi connectivity index (χ3v) is 3.83. The first-order valence-electron chi connectivity index (χ1n) is 6.17. The molecule has 0 unspecified atom stereocenters. The van der Waals surface area contributed by atoms with Crippen LogP contribution >= 0.6 is 11.6 Å². The monoisotopic (exact) mass is 269 g/mol. The van der Waals surface area contributed by atoms with Gasteiger partial charge >= 0.3 is 0 Å². The molecule has 98 valence electrons. The van der Waals surface area contributed by atoms with Crippen LogP contribution in [0.4, 0.5) is 4.39 Å². The Bertz CT molecular complexity index is 457. The molecule has 2 rings (SSSR count). The Balaban J connectivity index is 1.93. The number of carbonyl (C=O) groups excluding carboxylic acids is 1. The van der Waals surface area contributed by atoms with Crippen LogP contribution < -0.4 is 5.32 Å². The van der Waals surface area contributed by atoms with Gasteiger partial charge in [0.25, 0.3) is 5.91 Å². The molecule has 1 aliphatic rings. The Hall–Kier alpha value is -1.09. The number of amides is 1. The lowest BCUT2D eigenvalue weighted by Gasteiger charge is -2.14. The largest absolute Gasteiger partial charge is 0.351 e. The molecule has 1 aromatic rings. The lowest BCUT2D eigenvalue weighted by Crippen LogP contribution is -2.30. The van der Waals surface area contributed by atoms with E-state index in [0.717, 1.165) is 19.3 Å². The summed E-state index contributed by atoms with van der Waals surface area (Å²) < 4.78 is 13.3. The van der Waals surface area contributed by atoms with Crippen molar-refractivity contribution in [2.24, 2.45) is 5.41 Å². The fourth-order valence-corrected chi connectivity index (χ4v) is 2.40. The highest BCUT2D eigenvalue weighted by Gasteiger charge is 2.41. The van der Waals surface area contributed by atoms with Crippen LogP contribution in [-0.4, -0.2) is 18.3 Å². The zero-order chi connectivity index (χ0) is 13.2. The van der Waals surface area contributed by atoms with Crippen molar-refractivity contribution in [3.05, 3.63) is 35.1 Å². The maximum Gasteiger partial charge on any atom is 0.251 e. The molecule has 0 radical (unpaired) electrons. The van der Waals surface area contributed by atoms with E-state index in [1.807, 2.05) is 0 Å². The molecule has 1 saturated carbocycles. The van der Waals surface area contributed by atoms with Crippen molar-refractivity contribution in [2.75, 3.05) is 12.4 Å². The summed E-state index contributed by atoms with van der Waals surface area (Å²) in [4.78, 5) is 11.9. The van der Waals surface area contributed by atoms with Crippen LogP contribution in [0.2, 0.25) is 0 Å². The van der Waals surface area contributed by atoms with Crippen LogP contribution in [0, 0.1) is 18.2 Å². The number of halogens is 2. The summed E-state index contributed by atoms with van der Waals surface area (Å²) in [6, 6.07) is 4.55. The SMILES string of the molecule is Cc1ccc(C(=O)NCC2(CCCl)CC2)cc1F. The molecule has 4 heteroatoms. The van der Waals surface area contributed by atoms with Crippen LogP contribution in [-0.2, 0) is 0 Å². The Morgan fingerprint density at radius 2 is 2.22 bits per heavy atom. The second kappa shape index (κ2) is 5.27. The molecule has 1 N–H and O–H groups in total. The maximum absolute atomic E-state index is 13.3. The molecule has 0 aromatic heterocycles.